The maximum absolute atomic E-state index is 13.1. The average molecular weight is 324 g/mol. The van der Waals surface area contributed by atoms with Crippen molar-refractivity contribution in [2.75, 3.05) is 6.61 Å². The Morgan fingerprint density at radius 2 is 1.71 bits per heavy atom. The summed E-state index contributed by atoms with van der Waals surface area (Å²) in [5.41, 5.74) is -1.89. The molecule has 0 aliphatic rings. The van der Waals surface area contributed by atoms with Crippen LogP contribution in [0.5, 0.6) is 0 Å². The first kappa shape index (κ1) is 18.4. The third kappa shape index (κ3) is 5.23. The molecule has 0 saturated heterocycles. The molecule has 7 heteroatoms. The Morgan fingerprint density at radius 3 is 2.14 bits per heavy atom. The number of aromatic nitrogens is 1. The molecule has 1 N–H and O–H groups in total. The predicted octanol–water partition coefficient (Wildman–Crippen LogP) is 4.32. The van der Waals surface area contributed by atoms with Gasteiger partial charge < -0.3 is 10.1 Å². The third-order valence-electron chi connectivity index (χ3n) is 2.77. The van der Waals surface area contributed by atoms with Crippen LogP contribution in [0, 0.1) is 0 Å². The first-order chi connectivity index (χ1) is 9.37. The van der Waals surface area contributed by atoms with Crippen molar-refractivity contribution in [1.82, 2.24) is 10.3 Å². The van der Waals surface area contributed by atoms with Gasteiger partial charge in [0.2, 0.25) is 0 Å². The highest BCUT2D eigenvalue weighted by molar-refractivity contribution is 7.11. The maximum atomic E-state index is 13.1. The quantitative estimate of drug-likeness (QED) is 0.876. The van der Waals surface area contributed by atoms with E-state index in [9.17, 15) is 13.2 Å². The van der Waals surface area contributed by atoms with Crippen LogP contribution < -0.4 is 5.32 Å². The van der Waals surface area contributed by atoms with E-state index < -0.39 is 17.5 Å². The number of hydrogen-bond acceptors (Lipinski definition) is 4. The smallest absolute Gasteiger partial charge is 0.369 e. The van der Waals surface area contributed by atoms with Crippen LogP contribution in [0.1, 0.15) is 57.1 Å². The summed E-state index contributed by atoms with van der Waals surface area (Å²) in [6.07, 6.45) is -4.45. The molecular formula is C14H23F3N2OS. The Kier molecular flexibility index (Phi) is 5.45. The number of halogens is 3. The molecule has 1 aromatic rings. The summed E-state index contributed by atoms with van der Waals surface area (Å²) in [5, 5.41) is 3.43. The minimum absolute atomic E-state index is 0.137. The van der Waals surface area contributed by atoms with Crippen molar-refractivity contribution in [3.63, 3.8) is 0 Å². The molecule has 1 heterocycles. The predicted molar refractivity (Wildman–Crippen MR) is 78.4 cm³/mol. The van der Waals surface area contributed by atoms with Crippen molar-refractivity contribution in [3.05, 3.63) is 15.6 Å². The van der Waals surface area contributed by atoms with E-state index in [4.69, 9.17) is 4.74 Å². The molecule has 0 unspecified atom stereocenters. The fraction of sp³-hybridized carbons (Fsp3) is 0.786. The number of rotatable bonds is 5. The van der Waals surface area contributed by atoms with E-state index >= 15 is 0 Å². The highest BCUT2D eigenvalue weighted by atomic mass is 32.1. The highest BCUT2D eigenvalue weighted by Crippen LogP contribution is 2.38. The van der Waals surface area contributed by atoms with Gasteiger partial charge in [-0.15, -0.1) is 11.3 Å². The number of thiazole rings is 1. The van der Waals surface area contributed by atoms with Crippen molar-refractivity contribution in [1.29, 1.82) is 0 Å². The van der Waals surface area contributed by atoms with E-state index in [0.29, 0.717) is 11.6 Å². The number of hydrogen-bond donors (Lipinski definition) is 1. The largest absolute Gasteiger partial charge is 0.434 e. The van der Waals surface area contributed by atoms with Gasteiger partial charge in [0.05, 0.1) is 4.88 Å². The normalized spacial score (nSPS) is 13.8. The van der Waals surface area contributed by atoms with Gasteiger partial charge in [0.25, 0.3) is 0 Å². The average Bonchev–Trinajstić information content (AvgIpc) is 2.69. The molecule has 21 heavy (non-hydrogen) atoms. The lowest BCUT2D eigenvalue weighted by atomic mass is 10.1. The van der Waals surface area contributed by atoms with Gasteiger partial charge in [0, 0.05) is 18.7 Å². The molecule has 0 radical (unpaired) electrons. The van der Waals surface area contributed by atoms with Gasteiger partial charge in [-0.05, 0) is 41.5 Å². The molecule has 0 saturated carbocycles. The van der Waals surface area contributed by atoms with Crippen LogP contribution in [-0.2, 0) is 23.1 Å². The lowest BCUT2D eigenvalue weighted by Crippen LogP contribution is -2.35. The Morgan fingerprint density at radius 1 is 1.14 bits per heavy atom. The molecule has 0 bridgehead atoms. The van der Waals surface area contributed by atoms with Crippen molar-refractivity contribution >= 4 is 11.3 Å². The Labute approximate surface area is 127 Å². The molecule has 0 aliphatic carbocycles. The molecular weight excluding hydrogens is 301 g/mol. The molecule has 0 atom stereocenters. The van der Waals surface area contributed by atoms with Crippen LogP contribution in [0.25, 0.3) is 0 Å². The summed E-state index contributed by atoms with van der Waals surface area (Å²) in [6.45, 7) is 11.6. The molecule has 3 nitrogen and oxygen atoms in total. The summed E-state index contributed by atoms with van der Waals surface area (Å²) in [6, 6.07) is 0. The summed E-state index contributed by atoms with van der Waals surface area (Å²) >= 11 is 1.06. The first-order valence-electron chi connectivity index (χ1n) is 6.83. The zero-order valence-electron chi connectivity index (χ0n) is 13.3. The van der Waals surface area contributed by atoms with Gasteiger partial charge in [-0.25, -0.2) is 4.98 Å². The van der Waals surface area contributed by atoms with Crippen LogP contribution in [0.15, 0.2) is 0 Å². The minimum atomic E-state index is -4.45. The van der Waals surface area contributed by atoms with Crippen molar-refractivity contribution < 1.29 is 17.9 Å². The standard InChI is InChI=1S/C14H23F3N2OS/c1-7-20-13(5,6)11-19-10(14(15,16)17)9(21-11)8-18-12(2,3)4/h18H,7-8H2,1-6H3. The Balaban J connectivity index is 3.14. The number of ether oxygens (including phenoxy) is 1. The van der Waals surface area contributed by atoms with Crippen LogP contribution in [-0.4, -0.2) is 17.1 Å². The minimum Gasteiger partial charge on any atom is -0.369 e. The zero-order valence-corrected chi connectivity index (χ0v) is 14.1. The first-order valence-corrected chi connectivity index (χ1v) is 7.65. The van der Waals surface area contributed by atoms with Gasteiger partial charge in [-0.3, -0.25) is 0 Å². The summed E-state index contributed by atoms with van der Waals surface area (Å²) in [7, 11) is 0. The molecule has 122 valence electrons. The molecule has 0 spiro atoms. The summed E-state index contributed by atoms with van der Waals surface area (Å²) < 4.78 is 44.9. The summed E-state index contributed by atoms with van der Waals surface area (Å²) in [5.74, 6) is 0. The van der Waals surface area contributed by atoms with Crippen LogP contribution >= 0.6 is 11.3 Å². The SMILES string of the molecule is CCOC(C)(C)c1nc(C(F)(F)F)c(CNC(C)(C)C)s1. The van der Waals surface area contributed by atoms with E-state index in [1.807, 2.05) is 27.7 Å². The van der Waals surface area contributed by atoms with Crippen molar-refractivity contribution in [2.45, 2.75) is 65.4 Å². The molecule has 1 aromatic heterocycles. The fourth-order valence-electron chi connectivity index (χ4n) is 1.72. The monoisotopic (exact) mass is 324 g/mol. The van der Waals surface area contributed by atoms with Crippen LogP contribution in [0.2, 0.25) is 0 Å². The van der Waals surface area contributed by atoms with Gasteiger partial charge in [0.15, 0.2) is 5.69 Å². The van der Waals surface area contributed by atoms with Gasteiger partial charge >= 0.3 is 6.18 Å². The van der Waals surface area contributed by atoms with Crippen LogP contribution in [0.3, 0.4) is 0 Å². The van der Waals surface area contributed by atoms with E-state index in [2.05, 4.69) is 10.3 Å². The zero-order chi connectivity index (χ0) is 16.5. The number of nitrogens with zero attached hydrogens (tertiary/aromatic N) is 1. The second-order valence-corrected chi connectivity index (χ2v) is 7.42. The van der Waals surface area contributed by atoms with E-state index in [1.165, 1.54) is 0 Å². The van der Waals surface area contributed by atoms with Crippen molar-refractivity contribution in [2.24, 2.45) is 0 Å². The Bertz CT molecular complexity index is 476. The number of alkyl halides is 3. The van der Waals surface area contributed by atoms with Gasteiger partial charge in [-0.1, -0.05) is 0 Å². The summed E-state index contributed by atoms with van der Waals surface area (Å²) in [4.78, 5) is 4.00. The van der Waals surface area contributed by atoms with Crippen LogP contribution in [0.4, 0.5) is 13.2 Å². The molecule has 0 aliphatic heterocycles. The second kappa shape index (κ2) is 6.22. The lowest BCUT2D eigenvalue weighted by molar-refractivity contribution is -0.141. The lowest BCUT2D eigenvalue weighted by Gasteiger charge is -2.21. The maximum Gasteiger partial charge on any atom is 0.434 e. The van der Waals surface area contributed by atoms with E-state index in [1.54, 1.807) is 13.8 Å². The topological polar surface area (TPSA) is 34.1 Å². The molecule has 0 fully saturated rings. The molecule has 0 amide bonds. The molecule has 1 rings (SSSR count). The third-order valence-corrected chi connectivity index (χ3v) is 4.13. The number of nitrogens with one attached hydrogen (secondary N) is 1. The Hall–Kier alpha value is -0.660. The second-order valence-electron chi connectivity index (χ2n) is 6.34. The fourth-order valence-corrected chi connectivity index (χ4v) is 2.80. The van der Waals surface area contributed by atoms with E-state index in [-0.39, 0.29) is 17.0 Å². The molecule has 0 aromatic carbocycles. The highest BCUT2D eigenvalue weighted by Gasteiger charge is 2.39. The van der Waals surface area contributed by atoms with Gasteiger partial charge in [0.1, 0.15) is 10.6 Å². The van der Waals surface area contributed by atoms with Crippen molar-refractivity contribution in [3.8, 4) is 0 Å². The van der Waals surface area contributed by atoms with Gasteiger partial charge in [-0.2, -0.15) is 13.2 Å². The van der Waals surface area contributed by atoms with E-state index in [0.717, 1.165) is 11.3 Å².